The summed E-state index contributed by atoms with van der Waals surface area (Å²) in [5.74, 6) is -3.28. The summed E-state index contributed by atoms with van der Waals surface area (Å²) >= 11 is 6.29. The highest BCUT2D eigenvalue weighted by atomic mass is 35.7. The van der Waals surface area contributed by atoms with E-state index in [9.17, 15) is 14.7 Å². The van der Waals surface area contributed by atoms with E-state index in [0.717, 1.165) is 11.4 Å². The van der Waals surface area contributed by atoms with E-state index in [-0.39, 0.29) is 5.69 Å². The van der Waals surface area contributed by atoms with E-state index in [1.54, 1.807) is 6.07 Å². The molecule has 0 aromatic heterocycles. The molecule has 1 rings (SSSR count). The van der Waals surface area contributed by atoms with Gasteiger partial charge in [-0.05, 0) is 28.7 Å². The van der Waals surface area contributed by atoms with Crippen LogP contribution >= 0.6 is 28.5 Å². The van der Waals surface area contributed by atoms with Crippen molar-refractivity contribution < 1.29 is 14.0 Å². The van der Waals surface area contributed by atoms with Crippen molar-refractivity contribution in [2.45, 2.75) is 4.90 Å². The minimum Gasteiger partial charge on any atom is -0.313 e. The Bertz CT molecular complexity index is 427. The molecule has 82 valence electrons. The van der Waals surface area contributed by atoms with Gasteiger partial charge in [-0.15, -0.1) is 0 Å². The van der Waals surface area contributed by atoms with Crippen LogP contribution in [0.15, 0.2) is 29.2 Å². The molecule has 0 aliphatic rings. The summed E-state index contributed by atoms with van der Waals surface area (Å²) in [5.41, 5.74) is -0.0761. The van der Waals surface area contributed by atoms with Gasteiger partial charge in [0.15, 0.2) is 0 Å². The predicted molar refractivity (Wildman–Crippen MR) is 59.4 cm³/mol. The summed E-state index contributed by atoms with van der Waals surface area (Å²) < 4.78 is 15.9. The number of non-ortho nitro benzene ring substituents is 1. The molecule has 0 amide bonds. The molecular formula is C7H7ClNO4PS. The van der Waals surface area contributed by atoms with Gasteiger partial charge in [0.2, 0.25) is 0 Å². The molecule has 0 N–H and O–H groups in total. The number of hydrogen-bond acceptors (Lipinski definition) is 5. The minimum absolute atomic E-state index is 0.0761. The smallest absolute Gasteiger partial charge is 0.313 e. The Hall–Kier alpha value is -0.550. The molecule has 1 aromatic carbocycles. The van der Waals surface area contributed by atoms with E-state index < -0.39 is 10.8 Å². The Morgan fingerprint density at radius 2 is 2.27 bits per heavy atom. The lowest BCUT2D eigenvalue weighted by molar-refractivity contribution is -0.385. The maximum absolute atomic E-state index is 11.4. The van der Waals surface area contributed by atoms with E-state index >= 15 is 0 Å². The summed E-state index contributed by atoms with van der Waals surface area (Å²) in [6.07, 6.45) is 0. The van der Waals surface area contributed by atoms with Gasteiger partial charge in [0, 0.05) is 24.1 Å². The van der Waals surface area contributed by atoms with Gasteiger partial charge in [0.05, 0.1) is 4.92 Å². The van der Waals surface area contributed by atoms with Crippen molar-refractivity contribution in [2.75, 3.05) is 7.11 Å². The topological polar surface area (TPSA) is 69.4 Å². The van der Waals surface area contributed by atoms with Crippen LogP contribution in [-0.2, 0) is 9.09 Å². The Kier molecular flexibility index (Phi) is 4.16. The number of rotatable bonds is 4. The molecule has 0 saturated heterocycles. The molecule has 0 aliphatic carbocycles. The van der Waals surface area contributed by atoms with E-state index in [1.807, 2.05) is 0 Å². The maximum Gasteiger partial charge on any atom is 0.350 e. The van der Waals surface area contributed by atoms with Crippen LogP contribution in [0.4, 0.5) is 5.69 Å². The summed E-state index contributed by atoms with van der Waals surface area (Å²) in [7, 11) is 1.22. The molecule has 0 heterocycles. The van der Waals surface area contributed by atoms with Gasteiger partial charge in [-0.1, -0.05) is 6.07 Å². The third-order valence-electron chi connectivity index (χ3n) is 1.46. The first kappa shape index (κ1) is 12.5. The fourth-order valence-electron chi connectivity index (χ4n) is 0.817. The van der Waals surface area contributed by atoms with E-state index in [1.165, 1.54) is 25.3 Å². The first-order valence-corrected chi connectivity index (χ1v) is 7.69. The standard InChI is InChI=1S/C7H7ClNO4PS/c1-13-14(8,12)15-7-4-2-3-6(5-7)9(10)11/h2-5H,1H3. The first-order chi connectivity index (χ1) is 6.94. The lowest BCUT2D eigenvalue weighted by atomic mass is 10.3. The van der Waals surface area contributed by atoms with Gasteiger partial charge in [0.1, 0.15) is 0 Å². The zero-order valence-corrected chi connectivity index (χ0v) is 10.1. The second-order valence-corrected chi connectivity index (χ2v) is 8.27. The lowest BCUT2D eigenvalue weighted by Crippen LogP contribution is -1.86. The van der Waals surface area contributed by atoms with Gasteiger partial charge in [-0.2, -0.15) is 0 Å². The van der Waals surface area contributed by atoms with Gasteiger partial charge in [-0.25, -0.2) is 0 Å². The minimum atomic E-state index is -3.28. The van der Waals surface area contributed by atoms with Crippen LogP contribution in [0.3, 0.4) is 0 Å². The molecule has 15 heavy (non-hydrogen) atoms. The molecule has 1 unspecified atom stereocenters. The van der Waals surface area contributed by atoms with E-state index in [2.05, 4.69) is 4.52 Å². The second-order valence-electron chi connectivity index (χ2n) is 2.46. The third kappa shape index (κ3) is 3.83. The molecule has 8 heteroatoms. The number of hydrogen-bond donors (Lipinski definition) is 0. The second kappa shape index (κ2) is 4.99. The van der Waals surface area contributed by atoms with Crippen LogP contribution in [0.2, 0.25) is 0 Å². The van der Waals surface area contributed by atoms with Crippen LogP contribution in [-0.4, -0.2) is 12.0 Å². The van der Waals surface area contributed by atoms with Crippen molar-refractivity contribution in [1.29, 1.82) is 0 Å². The van der Waals surface area contributed by atoms with Crippen LogP contribution in [0.25, 0.3) is 0 Å². The predicted octanol–water partition coefficient (Wildman–Crippen LogP) is 3.68. The highest BCUT2D eigenvalue weighted by Crippen LogP contribution is 2.66. The summed E-state index contributed by atoms with van der Waals surface area (Å²) in [4.78, 5) is 10.4. The molecule has 5 nitrogen and oxygen atoms in total. The first-order valence-electron chi connectivity index (χ1n) is 3.74. The molecule has 0 fully saturated rings. The zero-order valence-electron chi connectivity index (χ0n) is 7.62. The monoisotopic (exact) mass is 267 g/mol. The fraction of sp³-hybridized carbons (Fsp3) is 0.143. The van der Waals surface area contributed by atoms with Gasteiger partial charge in [0.25, 0.3) is 5.69 Å². The van der Waals surface area contributed by atoms with Crippen molar-refractivity contribution in [3.05, 3.63) is 34.4 Å². The van der Waals surface area contributed by atoms with Crippen molar-refractivity contribution in [2.24, 2.45) is 0 Å². The quantitative estimate of drug-likeness (QED) is 0.473. The van der Waals surface area contributed by atoms with Crippen molar-refractivity contribution >= 4 is 34.2 Å². The highest BCUT2D eigenvalue weighted by Gasteiger charge is 2.20. The normalized spacial score (nSPS) is 14.5. The molecule has 1 atom stereocenters. The molecule has 1 aromatic rings. The number of nitro benzene ring substituents is 1. The third-order valence-corrected chi connectivity index (χ3v) is 5.35. The fourth-order valence-corrected chi connectivity index (χ4v) is 3.49. The average molecular weight is 268 g/mol. The summed E-state index contributed by atoms with van der Waals surface area (Å²) in [6, 6.07) is 5.70. The number of nitrogens with zero attached hydrogens (tertiary/aromatic N) is 1. The molecule has 0 bridgehead atoms. The number of benzene rings is 1. The number of nitro groups is 1. The SMILES string of the molecule is COP(=O)(Cl)Sc1cccc([N+](=O)[O-])c1. The van der Waals surface area contributed by atoms with Gasteiger partial charge >= 0.3 is 5.92 Å². The van der Waals surface area contributed by atoms with E-state index in [4.69, 9.17) is 11.2 Å². The van der Waals surface area contributed by atoms with E-state index in [0.29, 0.717) is 4.90 Å². The van der Waals surface area contributed by atoms with Gasteiger partial charge < -0.3 is 4.52 Å². The molecule has 0 radical (unpaired) electrons. The highest BCUT2D eigenvalue weighted by molar-refractivity contribution is 8.63. The summed E-state index contributed by atoms with van der Waals surface area (Å²) in [6.45, 7) is 0. The van der Waals surface area contributed by atoms with Crippen molar-refractivity contribution in [3.8, 4) is 0 Å². The van der Waals surface area contributed by atoms with Crippen molar-refractivity contribution in [3.63, 3.8) is 0 Å². The van der Waals surface area contributed by atoms with Crippen LogP contribution in [0.5, 0.6) is 0 Å². The Labute approximate surface area is 94.9 Å². The molecule has 0 saturated carbocycles. The van der Waals surface area contributed by atoms with Crippen LogP contribution in [0, 0.1) is 10.1 Å². The average Bonchev–Trinajstić information content (AvgIpc) is 2.17. The lowest BCUT2D eigenvalue weighted by Gasteiger charge is -2.06. The largest absolute Gasteiger partial charge is 0.350 e. The maximum atomic E-state index is 11.4. The Morgan fingerprint density at radius 1 is 1.60 bits per heavy atom. The molecule has 0 spiro atoms. The Balaban J connectivity index is 2.92. The zero-order chi connectivity index (χ0) is 11.5. The number of halogens is 1. The Morgan fingerprint density at radius 3 is 2.80 bits per heavy atom. The van der Waals surface area contributed by atoms with Crippen LogP contribution < -0.4 is 0 Å². The van der Waals surface area contributed by atoms with Gasteiger partial charge in [-0.3, -0.25) is 14.7 Å². The molecule has 0 aliphatic heterocycles. The summed E-state index contributed by atoms with van der Waals surface area (Å²) in [5, 5.41) is 10.5. The molecular weight excluding hydrogens is 261 g/mol. The van der Waals surface area contributed by atoms with Crippen LogP contribution in [0.1, 0.15) is 0 Å². The van der Waals surface area contributed by atoms with Crippen molar-refractivity contribution in [1.82, 2.24) is 0 Å².